The quantitative estimate of drug-likeness (QED) is 0.375. The number of ether oxygens (including phenoxy) is 1. The van der Waals surface area contributed by atoms with Crippen LogP contribution >= 0.6 is 11.6 Å². The van der Waals surface area contributed by atoms with Gasteiger partial charge in [0.2, 0.25) is 5.91 Å². The van der Waals surface area contributed by atoms with Crippen molar-refractivity contribution in [2.45, 2.75) is 32.5 Å². The number of carboxylic acids is 1. The molecule has 3 aromatic carbocycles. The van der Waals surface area contributed by atoms with Crippen LogP contribution in [0.15, 0.2) is 60.7 Å². The molecule has 184 valence electrons. The average molecular weight is 508 g/mol. The summed E-state index contributed by atoms with van der Waals surface area (Å²) in [6.45, 7) is 2.00. The average Bonchev–Trinajstić information content (AvgIpc) is 3.39. The maximum absolute atomic E-state index is 13.9. The molecule has 7 nitrogen and oxygen atoms in total. The number of nitrogens with zero attached hydrogens (tertiary/aromatic N) is 3. The van der Waals surface area contributed by atoms with Crippen molar-refractivity contribution in [2.75, 3.05) is 6.61 Å². The Bertz CT molecular complexity index is 1490. The van der Waals surface area contributed by atoms with Gasteiger partial charge >= 0.3 is 5.97 Å². The minimum atomic E-state index is -1.10. The van der Waals surface area contributed by atoms with E-state index in [2.05, 4.69) is 5.10 Å². The van der Waals surface area contributed by atoms with Gasteiger partial charge in [-0.15, -0.1) is 0 Å². The van der Waals surface area contributed by atoms with Gasteiger partial charge in [-0.05, 0) is 54.4 Å². The molecule has 0 fully saturated rings. The molecule has 0 aliphatic carbocycles. The number of aliphatic carboxylic acids is 1. The van der Waals surface area contributed by atoms with Gasteiger partial charge in [-0.3, -0.25) is 9.48 Å². The summed E-state index contributed by atoms with van der Waals surface area (Å²) in [5.74, 6) is -1.24. The molecule has 1 amide bonds. The minimum absolute atomic E-state index is 0.127. The van der Waals surface area contributed by atoms with E-state index in [9.17, 15) is 14.0 Å². The Morgan fingerprint density at radius 3 is 2.75 bits per heavy atom. The molecule has 0 saturated carbocycles. The third-order valence-corrected chi connectivity index (χ3v) is 6.61. The number of hydrogen-bond acceptors (Lipinski definition) is 4. The molecular formula is C27H23ClFN3O4. The van der Waals surface area contributed by atoms with Gasteiger partial charge in [-0.1, -0.05) is 35.9 Å². The van der Waals surface area contributed by atoms with Crippen LogP contribution in [0.4, 0.5) is 4.39 Å². The maximum Gasteiger partial charge on any atom is 0.341 e. The van der Waals surface area contributed by atoms with Crippen LogP contribution in [0.1, 0.15) is 34.8 Å². The molecular weight excluding hydrogens is 485 g/mol. The number of benzene rings is 3. The number of carboxylic acid groups (broad SMARTS) is 1. The van der Waals surface area contributed by atoms with Crippen molar-refractivity contribution in [3.8, 4) is 5.75 Å². The number of rotatable bonds is 7. The maximum atomic E-state index is 13.9. The summed E-state index contributed by atoms with van der Waals surface area (Å²) in [6.07, 6.45) is 0.142. The summed E-state index contributed by atoms with van der Waals surface area (Å²) >= 11 is 6.31. The Labute approximate surface area is 211 Å². The van der Waals surface area contributed by atoms with E-state index >= 15 is 0 Å². The highest BCUT2D eigenvalue weighted by atomic mass is 35.5. The Morgan fingerprint density at radius 1 is 1.14 bits per heavy atom. The first-order valence-corrected chi connectivity index (χ1v) is 11.8. The Morgan fingerprint density at radius 2 is 1.94 bits per heavy atom. The van der Waals surface area contributed by atoms with Gasteiger partial charge in [-0.25, -0.2) is 9.18 Å². The number of halogens is 2. The second-order valence-electron chi connectivity index (χ2n) is 8.71. The van der Waals surface area contributed by atoms with Gasteiger partial charge in [0, 0.05) is 28.9 Å². The van der Waals surface area contributed by atoms with Crippen LogP contribution < -0.4 is 4.74 Å². The lowest BCUT2D eigenvalue weighted by molar-refractivity contribution is -0.139. The van der Waals surface area contributed by atoms with Crippen LogP contribution in [-0.4, -0.2) is 38.3 Å². The summed E-state index contributed by atoms with van der Waals surface area (Å²) in [5, 5.41) is 14.9. The summed E-state index contributed by atoms with van der Waals surface area (Å²) in [5.41, 5.74) is 3.94. The van der Waals surface area contributed by atoms with Crippen LogP contribution in [0.2, 0.25) is 5.02 Å². The number of aromatic nitrogens is 2. The standard InChI is InChI=1S/C27H23ClFN3O4/c1-16-20-8-7-19(29)13-23(20)32(30-16)11-10-25(33)31-14-17-4-2-3-5-21(17)27(31)22-12-18(28)6-9-24(22)36-15-26(34)35/h2-9,12-13,27H,10-11,14-15H2,1H3,(H,34,35). The zero-order valence-electron chi connectivity index (χ0n) is 19.4. The second-order valence-corrected chi connectivity index (χ2v) is 9.14. The van der Waals surface area contributed by atoms with Gasteiger partial charge in [0.25, 0.3) is 0 Å². The van der Waals surface area contributed by atoms with Gasteiger partial charge in [-0.2, -0.15) is 5.10 Å². The van der Waals surface area contributed by atoms with Gasteiger partial charge < -0.3 is 14.7 Å². The lowest BCUT2D eigenvalue weighted by Crippen LogP contribution is -2.31. The molecule has 1 atom stereocenters. The van der Waals surface area contributed by atoms with Crippen LogP contribution in [0, 0.1) is 12.7 Å². The van der Waals surface area contributed by atoms with E-state index in [1.807, 2.05) is 31.2 Å². The summed E-state index contributed by atoms with van der Waals surface area (Å²) < 4.78 is 21.1. The van der Waals surface area contributed by atoms with Gasteiger partial charge in [0.1, 0.15) is 11.6 Å². The van der Waals surface area contributed by atoms with Crippen molar-refractivity contribution in [1.82, 2.24) is 14.7 Å². The van der Waals surface area contributed by atoms with E-state index in [-0.39, 0.29) is 24.7 Å². The first-order chi connectivity index (χ1) is 17.3. The highest BCUT2D eigenvalue weighted by Gasteiger charge is 2.36. The lowest BCUT2D eigenvalue weighted by Gasteiger charge is -2.27. The van der Waals surface area contributed by atoms with Crippen molar-refractivity contribution in [3.05, 3.63) is 93.9 Å². The Kier molecular flexibility index (Phi) is 6.36. The monoisotopic (exact) mass is 507 g/mol. The number of aryl methyl sites for hydroxylation is 2. The topological polar surface area (TPSA) is 84.7 Å². The molecule has 1 unspecified atom stereocenters. The van der Waals surface area contributed by atoms with Crippen LogP contribution in [-0.2, 0) is 22.7 Å². The molecule has 9 heteroatoms. The number of carbonyl (C=O) groups is 2. The van der Waals surface area contributed by atoms with Crippen LogP contribution in [0.5, 0.6) is 5.75 Å². The number of amides is 1. The molecule has 0 bridgehead atoms. The molecule has 1 N–H and O–H groups in total. The molecule has 1 aliphatic heterocycles. The summed E-state index contributed by atoms with van der Waals surface area (Å²) in [6, 6.07) is 16.7. The van der Waals surface area contributed by atoms with E-state index in [1.165, 1.54) is 12.1 Å². The van der Waals surface area contributed by atoms with E-state index in [0.29, 0.717) is 28.4 Å². The zero-order chi connectivity index (χ0) is 25.4. The second kappa shape index (κ2) is 9.62. The van der Waals surface area contributed by atoms with Crippen LogP contribution in [0.3, 0.4) is 0 Å². The molecule has 2 heterocycles. The summed E-state index contributed by atoms with van der Waals surface area (Å²) in [4.78, 5) is 26.5. The van der Waals surface area contributed by atoms with E-state index < -0.39 is 18.6 Å². The van der Waals surface area contributed by atoms with Crippen molar-refractivity contribution >= 4 is 34.4 Å². The molecule has 1 aromatic heterocycles. The SMILES string of the molecule is Cc1nn(CCC(=O)N2Cc3ccccc3C2c2cc(Cl)ccc2OCC(=O)O)c2cc(F)ccc12. The molecule has 36 heavy (non-hydrogen) atoms. The number of hydrogen-bond donors (Lipinski definition) is 1. The fraction of sp³-hybridized carbons (Fsp3) is 0.222. The fourth-order valence-corrected chi connectivity index (χ4v) is 4.97. The van der Waals surface area contributed by atoms with Crippen molar-refractivity contribution in [1.29, 1.82) is 0 Å². The van der Waals surface area contributed by atoms with Crippen LogP contribution in [0.25, 0.3) is 10.9 Å². The molecule has 5 rings (SSSR count). The predicted molar refractivity (Wildman–Crippen MR) is 132 cm³/mol. The smallest absolute Gasteiger partial charge is 0.341 e. The highest BCUT2D eigenvalue weighted by molar-refractivity contribution is 6.30. The fourth-order valence-electron chi connectivity index (χ4n) is 4.79. The molecule has 0 spiro atoms. The Hall–Kier alpha value is -3.91. The highest BCUT2D eigenvalue weighted by Crippen LogP contribution is 2.43. The third kappa shape index (κ3) is 4.52. The lowest BCUT2D eigenvalue weighted by atomic mass is 9.97. The third-order valence-electron chi connectivity index (χ3n) is 6.38. The number of carbonyl (C=O) groups excluding carboxylic acids is 1. The molecule has 4 aromatic rings. The first kappa shape index (κ1) is 23.8. The van der Waals surface area contributed by atoms with Crippen molar-refractivity contribution in [2.24, 2.45) is 0 Å². The van der Waals surface area contributed by atoms with Crippen molar-refractivity contribution < 1.29 is 23.8 Å². The van der Waals surface area contributed by atoms with E-state index in [4.69, 9.17) is 21.4 Å². The largest absolute Gasteiger partial charge is 0.482 e. The van der Waals surface area contributed by atoms with Crippen molar-refractivity contribution in [3.63, 3.8) is 0 Å². The van der Waals surface area contributed by atoms with E-state index in [1.54, 1.807) is 33.8 Å². The van der Waals surface area contributed by atoms with Gasteiger partial charge in [0.05, 0.1) is 23.8 Å². The molecule has 0 saturated heterocycles. The normalized spacial score (nSPS) is 14.8. The van der Waals surface area contributed by atoms with Gasteiger partial charge in [0.15, 0.2) is 6.61 Å². The summed E-state index contributed by atoms with van der Waals surface area (Å²) in [7, 11) is 0. The number of fused-ring (bicyclic) bond motifs is 2. The minimum Gasteiger partial charge on any atom is -0.482 e. The molecule has 1 aliphatic rings. The zero-order valence-corrected chi connectivity index (χ0v) is 20.2. The molecule has 0 radical (unpaired) electrons. The predicted octanol–water partition coefficient (Wildman–Crippen LogP) is 5.12. The van der Waals surface area contributed by atoms with E-state index in [0.717, 1.165) is 22.2 Å². The Balaban J connectivity index is 1.46. The first-order valence-electron chi connectivity index (χ1n) is 11.5.